The van der Waals surface area contributed by atoms with Gasteiger partial charge in [0.05, 0.1) is 36.5 Å². The van der Waals surface area contributed by atoms with Crippen molar-refractivity contribution in [3.05, 3.63) is 99.3 Å². The smallest absolute Gasteiger partial charge is 0.326 e. The van der Waals surface area contributed by atoms with Crippen LogP contribution in [0.15, 0.2) is 60.7 Å². The van der Waals surface area contributed by atoms with E-state index in [9.17, 15) is 23.1 Å². The van der Waals surface area contributed by atoms with E-state index in [1.54, 1.807) is 25.3 Å². The minimum atomic E-state index is -1.42. The van der Waals surface area contributed by atoms with Gasteiger partial charge in [-0.25, -0.2) is 18.0 Å². The number of halogens is 5. The van der Waals surface area contributed by atoms with Crippen LogP contribution in [0.2, 0.25) is 10.0 Å². The van der Waals surface area contributed by atoms with Crippen molar-refractivity contribution < 1.29 is 37.3 Å². The zero-order chi connectivity index (χ0) is 31.5. The van der Waals surface area contributed by atoms with E-state index in [0.717, 1.165) is 29.8 Å². The maximum Gasteiger partial charge on any atom is 0.326 e. The molecule has 7 nitrogen and oxygen atoms in total. The molecule has 0 aliphatic carbocycles. The van der Waals surface area contributed by atoms with E-state index < -0.39 is 35.2 Å². The van der Waals surface area contributed by atoms with Crippen molar-refractivity contribution in [2.75, 3.05) is 37.6 Å². The molecule has 0 fully saturated rings. The molecule has 230 valence electrons. The quantitative estimate of drug-likeness (QED) is 0.184. The number of benzene rings is 4. The molecule has 1 heterocycles. The fraction of sp³-hybridized carbons (Fsp3) is 0.219. The van der Waals surface area contributed by atoms with Gasteiger partial charge in [-0.1, -0.05) is 47.5 Å². The first-order chi connectivity index (χ1) is 21.1. The van der Waals surface area contributed by atoms with Gasteiger partial charge < -0.3 is 29.5 Å². The first kappa shape index (κ1) is 31.2. The Labute approximate surface area is 261 Å². The fourth-order valence-corrected chi connectivity index (χ4v) is 5.87. The second-order valence-electron chi connectivity index (χ2n) is 9.99. The number of anilines is 2. The molecule has 0 amide bonds. The molecule has 4 aromatic rings. The van der Waals surface area contributed by atoms with Crippen LogP contribution < -0.4 is 24.4 Å². The van der Waals surface area contributed by atoms with Gasteiger partial charge >= 0.3 is 5.97 Å². The SMILES string of the molecule is COc1ccc(CN2CCOc3c(C[C@H](Nc4c(F)cccc4F)C(=O)O)ccc(-c4c(Cl)cc(F)cc4Cl)c32)cc1OC. The van der Waals surface area contributed by atoms with E-state index in [0.29, 0.717) is 52.7 Å². The van der Waals surface area contributed by atoms with Crippen LogP contribution >= 0.6 is 23.2 Å². The third-order valence-electron chi connectivity index (χ3n) is 7.24. The van der Waals surface area contributed by atoms with Gasteiger partial charge in [-0.15, -0.1) is 0 Å². The average molecular weight is 647 g/mol. The van der Waals surface area contributed by atoms with E-state index in [1.165, 1.54) is 13.2 Å². The van der Waals surface area contributed by atoms with E-state index in [2.05, 4.69) is 5.32 Å². The molecule has 0 radical (unpaired) electrons. The van der Waals surface area contributed by atoms with Crippen LogP contribution in [0.5, 0.6) is 17.2 Å². The molecule has 0 bridgehead atoms. The highest BCUT2D eigenvalue weighted by molar-refractivity contribution is 6.39. The summed E-state index contributed by atoms with van der Waals surface area (Å²) in [6.07, 6.45) is -0.194. The average Bonchev–Trinajstić information content (AvgIpc) is 2.98. The molecular formula is C32H27Cl2F3N2O5. The van der Waals surface area contributed by atoms with Crippen molar-refractivity contribution in [3.63, 3.8) is 0 Å². The number of fused-ring (bicyclic) bond motifs is 1. The summed E-state index contributed by atoms with van der Waals surface area (Å²) in [5.74, 6) is -2.35. The van der Waals surface area contributed by atoms with Gasteiger partial charge in [-0.3, -0.25) is 0 Å². The predicted octanol–water partition coefficient (Wildman–Crippen LogP) is 7.60. The Morgan fingerprint density at radius 3 is 2.32 bits per heavy atom. The number of carbonyl (C=O) groups is 1. The highest BCUT2D eigenvalue weighted by atomic mass is 35.5. The minimum absolute atomic E-state index is 0.0710. The Kier molecular flexibility index (Phi) is 9.31. The maximum atomic E-state index is 14.4. The number of hydrogen-bond donors (Lipinski definition) is 2. The lowest BCUT2D eigenvalue weighted by Gasteiger charge is -2.35. The van der Waals surface area contributed by atoms with Gasteiger partial charge in [0, 0.05) is 24.1 Å². The minimum Gasteiger partial charge on any atom is -0.493 e. The molecule has 2 N–H and O–H groups in total. The summed E-state index contributed by atoms with van der Waals surface area (Å²) in [7, 11) is 3.08. The molecule has 0 saturated carbocycles. The molecule has 4 aromatic carbocycles. The van der Waals surface area contributed by atoms with Gasteiger partial charge in [0.25, 0.3) is 0 Å². The van der Waals surface area contributed by atoms with Gasteiger partial charge in [-0.05, 0) is 47.5 Å². The number of para-hydroxylation sites is 1. The number of hydrogen-bond acceptors (Lipinski definition) is 6. The molecular weight excluding hydrogens is 620 g/mol. The van der Waals surface area contributed by atoms with Crippen LogP contribution in [0, 0.1) is 17.5 Å². The first-order valence-electron chi connectivity index (χ1n) is 13.4. The van der Waals surface area contributed by atoms with Gasteiger partial charge in [-0.2, -0.15) is 0 Å². The van der Waals surface area contributed by atoms with Crippen molar-refractivity contribution >= 4 is 40.5 Å². The van der Waals surface area contributed by atoms with E-state index in [1.807, 2.05) is 17.0 Å². The number of aliphatic carboxylic acids is 1. The van der Waals surface area contributed by atoms with Crippen LogP contribution in [-0.2, 0) is 17.8 Å². The largest absolute Gasteiger partial charge is 0.493 e. The summed E-state index contributed by atoms with van der Waals surface area (Å²) in [5.41, 5.74) is 2.20. The van der Waals surface area contributed by atoms with Crippen LogP contribution in [0.4, 0.5) is 24.5 Å². The summed E-state index contributed by atoms with van der Waals surface area (Å²) in [5, 5.41) is 12.6. The lowest BCUT2D eigenvalue weighted by molar-refractivity contribution is -0.137. The number of carboxylic acids is 1. The molecule has 5 rings (SSSR count). The number of nitrogens with one attached hydrogen (secondary N) is 1. The van der Waals surface area contributed by atoms with Gasteiger partial charge in [0.2, 0.25) is 0 Å². The highest BCUT2D eigenvalue weighted by Gasteiger charge is 2.30. The molecule has 0 aromatic heterocycles. The Hall–Kier alpha value is -4.28. The van der Waals surface area contributed by atoms with Crippen LogP contribution in [0.25, 0.3) is 11.1 Å². The topological polar surface area (TPSA) is 80.3 Å². The number of carboxylic acid groups (broad SMARTS) is 1. The second kappa shape index (κ2) is 13.2. The number of nitrogens with zero attached hydrogens (tertiary/aromatic N) is 1. The summed E-state index contributed by atoms with van der Waals surface area (Å²) in [6, 6.07) is 13.0. The Bertz CT molecular complexity index is 1680. The molecule has 1 atom stereocenters. The van der Waals surface area contributed by atoms with Crippen molar-refractivity contribution in [2.45, 2.75) is 19.0 Å². The Morgan fingerprint density at radius 2 is 1.68 bits per heavy atom. The van der Waals surface area contributed by atoms with E-state index in [-0.39, 0.29) is 23.1 Å². The van der Waals surface area contributed by atoms with Crippen LogP contribution in [0.1, 0.15) is 11.1 Å². The second-order valence-corrected chi connectivity index (χ2v) is 10.8. The monoisotopic (exact) mass is 646 g/mol. The Balaban J connectivity index is 1.62. The molecule has 0 unspecified atom stereocenters. The zero-order valence-electron chi connectivity index (χ0n) is 23.6. The van der Waals surface area contributed by atoms with E-state index >= 15 is 0 Å². The third kappa shape index (κ3) is 6.32. The molecule has 1 aliphatic heterocycles. The standard InChI is InChI=1S/C32H27Cl2F3N2O5/c1-42-26-9-6-17(12-27(26)43-2)16-39-10-11-44-31-18(13-25(32(40)41)38-29-23(36)4-3-5-24(29)37)7-8-20(30(31)39)28-21(33)14-19(35)15-22(28)34/h3-9,12,14-15,25,38H,10-11,13,16H2,1-2H3,(H,40,41)/t25-/m0/s1. The zero-order valence-corrected chi connectivity index (χ0v) is 25.1. The number of methoxy groups -OCH3 is 2. The third-order valence-corrected chi connectivity index (χ3v) is 7.83. The van der Waals surface area contributed by atoms with E-state index in [4.69, 9.17) is 37.4 Å². The summed E-state index contributed by atoms with van der Waals surface area (Å²) in [6.45, 7) is 1.04. The lowest BCUT2D eigenvalue weighted by Crippen LogP contribution is -2.35. The fourth-order valence-electron chi connectivity index (χ4n) is 5.21. The van der Waals surface area contributed by atoms with Crippen LogP contribution in [0.3, 0.4) is 0 Å². The first-order valence-corrected chi connectivity index (χ1v) is 14.2. The molecule has 44 heavy (non-hydrogen) atoms. The van der Waals surface area contributed by atoms with Crippen molar-refractivity contribution in [2.24, 2.45) is 0 Å². The molecule has 12 heteroatoms. The highest BCUT2D eigenvalue weighted by Crippen LogP contribution is 2.48. The summed E-state index contributed by atoms with van der Waals surface area (Å²) < 4.78 is 59.9. The maximum absolute atomic E-state index is 14.4. The molecule has 0 spiro atoms. The molecule has 1 aliphatic rings. The predicted molar refractivity (Wildman–Crippen MR) is 163 cm³/mol. The normalized spacial score (nSPS) is 13.1. The van der Waals surface area contributed by atoms with Gasteiger partial charge in [0.1, 0.15) is 41.5 Å². The van der Waals surface area contributed by atoms with Crippen molar-refractivity contribution in [1.82, 2.24) is 0 Å². The van der Waals surface area contributed by atoms with Gasteiger partial charge in [0.15, 0.2) is 11.5 Å². The summed E-state index contributed by atoms with van der Waals surface area (Å²) >= 11 is 13.0. The lowest BCUT2D eigenvalue weighted by atomic mass is 9.95. The van der Waals surface area contributed by atoms with Crippen molar-refractivity contribution in [3.8, 4) is 28.4 Å². The Morgan fingerprint density at radius 1 is 1.00 bits per heavy atom. The number of ether oxygens (including phenoxy) is 3. The van der Waals surface area contributed by atoms with Crippen LogP contribution in [-0.4, -0.2) is 44.5 Å². The molecule has 0 saturated heterocycles. The summed E-state index contributed by atoms with van der Waals surface area (Å²) in [4.78, 5) is 14.3. The van der Waals surface area contributed by atoms with Crippen molar-refractivity contribution in [1.29, 1.82) is 0 Å². The number of rotatable bonds is 10.